The highest BCUT2D eigenvalue weighted by Gasteiger charge is 2.21. The molecular weight excluding hydrogens is 262 g/mol. The second kappa shape index (κ2) is 5.94. The topological polar surface area (TPSA) is 56.1 Å². The van der Waals surface area contributed by atoms with E-state index in [1.54, 1.807) is 19.1 Å². The van der Waals surface area contributed by atoms with Gasteiger partial charge in [0.05, 0.1) is 22.3 Å². The van der Waals surface area contributed by atoms with Gasteiger partial charge >= 0.3 is 0 Å². The van der Waals surface area contributed by atoms with Gasteiger partial charge in [0.2, 0.25) is 5.91 Å². The summed E-state index contributed by atoms with van der Waals surface area (Å²) in [6.07, 6.45) is 1.83. The number of carbonyl (C=O) groups excluding carboxylic acids is 1. The molecule has 1 aromatic rings. The summed E-state index contributed by atoms with van der Waals surface area (Å²) < 4.78 is 0. The van der Waals surface area contributed by atoms with E-state index in [-0.39, 0.29) is 11.9 Å². The molecule has 1 aliphatic rings. The number of nitrogens with zero attached hydrogens (tertiary/aromatic N) is 2. The normalized spacial score (nSPS) is 15.9. The van der Waals surface area contributed by atoms with E-state index in [4.69, 9.17) is 16.9 Å². The lowest BCUT2D eigenvalue weighted by molar-refractivity contribution is -0.119. The van der Waals surface area contributed by atoms with Crippen molar-refractivity contribution in [3.63, 3.8) is 0 Å². The molecule has 0 atom stereocenters. The van der Waals surface area contributed by atoms with Crippen molar-refractivity contribution in [1.82, 2.24) is 5.32 Å². The summed E-state index contributed by atoms with van der Waals surface area (Å²) in [6.45, 7) is 3.26. The Morgan fingerprint density at radius 3 is 2.68 bits per heavy atom. The van der Waals surface area contributed by atoms with Gasteiger partial charge in [0.25, 0.3) is 0 Å². The Hall–Kier alpha value is -1.73. The van der Waals surface area contributed by atoms with Crippen LogP contribution in [-0.2, 0) is 4.79 Å². The van der Waals surface area contributed by atoms with E-state index in [0.717, 1.165) is 31.6 Å². The first-order valence-corrected chi connectivity index (χ1v) is 6.69. The zero-order valence-corrected chi connectivity index (χ0v) is 11.6. The first-order valence-electron chi connectivity index (χ1n) is 6.32. The Balaban J connectivity index is 2.02. The van der Waals surface area contributed by atoms with E-state index in [0.29, 0.717) is 10.6 Å². The van der Waals surface area contributed by atoms with Gasteiger partial charge in [-0.15, -0.1) is 0 Å². The molecule has 0 bridgehead atoms. The first kappa shape index (κ1) is 13.7. The molecule has 0 radical (unpaired) electrons. The van der Waals surface area contributed by atoms with Crippen LogP contribution in [0.2, 0.25) is 5.02 Å². The van der Waals surface area contributed by atoms with Crippen molar-refractivity contribution in [2.45, 2.75) is 25.8 Å². The van der Waals surface area contributed by atoms with Crippen LogP contribution in [0.5, 0.6) is 0 Å². The summed E-state index contributed by atoms with van der Waals surface area (Å²) >= 11 is 6.20. The summed E-state index contributed by atoms with van der Waals surface area (Å²) in [5.41, 5.74) is 1.53. The van der Waals surface area contributed by atoms with Gasteiger partial charge in [-0.3, -0.25) is 4.79 Å². The number of hydrogen-bond acceptors (Lipinski definition) is 3. The molecule has 5 heteroatoms. The number of halogens is 1. The van der Waals surface area contributed by atoms with Crippen LogP contribution in [0.15, 0.2) is 18.2 Å². The number of piperidine rings is 1. The van der Waals surface area contributed by atoms with E-state index in [1.807, 2.05) is 6.07 Å². The number of nitriles is 1. The lowest BCUT2D eigenvalue weighted by Gasteiger charge is -2.34. The monoisotopic (exact) mass is 277 g/mol. The van der Waals surface area contributed by atoms with Crippen molar-refractivity contribution in [2.24, 2.45) is 0 Å². The van der Waals surface area contributed by atoms with Crippen LogP contribution in [0.1, 0.15) is 25.3 Å². The van der Waals surface area contributed by atoms with Gasteiger partial charge in [-0.2, -0.15) is 5.26 Å². The summed E-state index contributed by atoms with van der Waals surface area (Å²) in [4.78, 5) is 13.2. The number of amides is 1. The molecule has 100 valence electrons. The summed E-state index contributed by atoms with van der Waals surface area (Å²) in [7, 11) is 0. The Bertz CT molecular complexity index is 516. The molecule has 0 saturated carbocycles. The number of carbonyl (C=O) groups is 1. The van der Waals surface area contributed by atoms with E-state index >= 15 is 0 Å². The molecule has 4 nitrogen and oxygen atoms in total. The Kier molecular flexibility index (Phi) is 4.28. The van der Waals surface area contributed by atoms with E-state index in [2.05, 4.69) is 16.3 Å². The molecular formula is C14H16ClN3O. The van der Waals surface area contributed by atoms with Gasteiger partial charge in [0, 0.05) is 26.1 Å². The van der Waals surface area contributed by atoms with E-state index < -0.39 is 0 Å². The molecule has 1 aliphatic heterocycles. The summed E-state index contributed by atoms with van der Waals surface area (Å²) in [6, 6.07) is 7.69. The molecule has 1 saturated heterocycles. The van der Waals surface area contributed by atoms with Gasteiger partial charge in [-0.25, -0.2) is 0 Å². The van der Waals surface area contributed by atoms with Crippen molar-refractivity contribution in [3.8, 4) is 6.07 Å². The van der Waals surface area contributed by atoms with Crippen molar-refractivity contribution in [2.75, 3.05) is 18.0 Å². The third-order valence-electron chi connectivity index (χ3n) is 3.32. The molecule has 1 fully saturated rings. The molecule has 1 N–H and O–H groups in total. The van der Waals surface area contributed by atoms with Crippen molar-refractivity contribution in [1.29, 1.82) is 5.26 Å². The van der Waals surface area contributed by atoms with Gasteiger partial charge in [0.1, 0.15) is 0 Å². The van der Waals surface area contributed by atoms with Crippen LogP contribution in [-0.4, -0.2) is 25.0 Å². The largest absolute Gasteiger partial charge is 0.370 e. The SMILES string of the molecule is CC(=O)NC1CCN(c2ccc(C#N)cc2Cl)CC1. The van der Waals surface area contributed by atoms with Crippen LogP contribution >= 0.6 is 11.6 Å². The fourth-order valence-corrected chi connectivity index (χ4v) is 2.69. The maximum absolute atomic E-state index is 11.0. The van der Waals surface area contributed by atoms with Gasteiger partial charge in [-0.1, -0.05) is 11.6 Å². The Morgan fingerprint density at radius 2 is 2.16 bits per heavy atom. The zero-order valence-electron chi connectivity index (χ0n) is 10.8. The first-order chi connectivity index (χ1) is 9.10. The average molecular weight is 278 g/mol. The minimum absolute atomic E-state index is 0.0230. The molecule has 0 aromatic heterocycles. The predicted molar refractivity (Wildman–Crippen MR) is 75.2 cm³/mol. The smallest absolute Gasteiger partial charge is 0.217 e. The number of rotatable bonds is 2. The fourth-order valence-electron chi connectivity index (χ4n) is 2.39. The lowest BCUT2D eigenvalue weighted by Crippen LogP contribution is -2.44. The number of hydrogen-bond donors (Lipinski definition) is 1. The highest BCUT2D eigenvalue weighted by Crippen LogP contribution is 2.29. The minimum Gasteiger partial charge on any atom is -0.370 e. The molecule has 0 spiro atoms. The Labute approximate surface area is 118 Å². The number of anilines is 1. The van der Waals surface area contributed by atoms with Crippen LogP contribution in [0.25, 0.3) is 0 Å². The fraction of sp³-hybridized carbons (Fsp3) is 0.429. The lowest BCUT2D eigenvalue weighted by atomic mass is 10.0. The van der Waals surface area contributed by atoms with Crippen LogP contribution < -0.4 is 10.2 Å². The molecule has 2 rings (SSSR count). The van der Waals surface area contributed by atoms with Gasteiger partial charge < -0.3 is 10.2 Å². The highest BCUT2D eigenvalue weighted by atomic mass is 35.5. The van der Waals surface area contributed by atoms with E-state index in [1.165, 1.54) is 0 Å². The third-order valence-corrected chi connectivity index (χ3v) is 3.62. The molecule has 1 aromatic carbocycles. The second-order valence-corrected chi connectivity index (χ2v) is 5.15. The van der Waals surface area contributed by atoms with Crippen LogP contribution in [0.3, 0.4) is 0 Å². The van der Waals surface area contributed by atoms with Gasteiger partial charge in [0.15, 0.2) is 0 Å². The summed E-state index contributed by atoms with van der Waals surface area (Å²) in [5, 5.41) is 12.4. The highest BCUT2D eigenvalue weighted by molar-refractivity contribution is 6.33. The van der Waals surface area contributed by atoms with Crippen LogP contribution in [0, 0.1) is 11.3 Å². The zero-order chi connectivity index (χ0) is 13.8. The predicted octanol–water partition coefficient (Wildman–Crippen LogP) is 2.32. The molecule has 0 aliphatic carbocycles. The van der Waals surface area contributed by atoms with Crippen molar-refractivity contribution >= 4 is 23.2 Å². The van der Waals surface area contributed by atoms with Crippen molar-refractivity contribution in [3.05, 3.63) is 28.8 Å². The summed E-state index contributed by atoms with van der Waals surface area (Å²) in [5.74, 6) is 0.0230. The quantitative estimate of drug-likeness (QED) is 0.903. The maximum atomic E-state index is 11.0. The molecule has 1 heterocycles. The van der Waals surface area contributed by atoms with Crippen LogP contribution in [0.4, 0.5) is 5.69 Å². The van der Waals surface area contributed by atoms with Gasteiger partial charge in [-0.05, 0) is 31.0 Å². The minimum atomic E-state index is 0.0230. The molecule has 1 amide bonds. The Morgan fingerprint density at radius 1 is 1.47 bits per heavy atom. The average Bonchev–Trinajstić information content (AvgIpc) is 2.39. The molecule has 19 heavy (non-hydrogen) atoms. The standard InChI is InChI=1S/C14H16ClN3O/c1-10(19)17-12-4-6-18(7-5-12)14-3-2-11(9-16)8-13(14)15/h2-3,8,12H,4-7H2,1H3,(H,17,19). The maximum Gasteiger partial charge on any atom is 0.217 e. The third kappa shape index (κ3) is 3.39. The van der Waals surface area contributed by atoms with E-state index in [9.17, 15) is 4.79 Å². The number of nitrogens with one attached hydrogen (secondary N) is 1. The second-order valence-electron chi connectivity index (χ2n) is 4.74. The molecule has 0 unspecified atom stereocenters. The number of benzene rings is 1. The van der Waals surface area contributed by atoms with Crippen molar-refractivity contribution < 1.29 is 4.79 Å².